The zero-order chi connectivity index (χ0) is 38.2. The molecule has 0 atom stereocenters. The number of para-hydroxylation sites is 3. The Labute approximate surface area is 343 Å². The molecular weight excluding hydrogens is 741 g/mol. The molecule has 9 aromatic carbocycles. The monoisotopic (exact) mass is 774 g/mol. The van der Waals surface area contributed by atoms with Gasteiger partial charge < -0.3 is 9.47 Å². The Balaban J connectivity index is 1.14. The highest BCUT2D eigenvalue weighted by Gasteiger charge is 2.23. The summed E-state index contributed by atoms with van der Waals surface area (Å²) in [6.45, 7) is 0. The Morgan fingerprint density at radius 2 is 0.914 bits per heavy atom. The van der Waals surface area contributed by atoms with Gasteiger partial charge in [-0.2, -0.15) is 0 Å². The highest BCUT2D eigenvalue weighted by molar-refractivity contribution is 7.27. The zero-order valence-corrected chi connectivity index (χ0v) is 33.0. The van der Waals surface area contributed by atoms with Crippen molar-refractivity contribution in [3.8, 4) is 27.9 Å². The lowest BCUT2D eigenvalue weighted by Crippen LogP contribution is -2.10. The first-order valence-electron chi connectivity index (χ1n) is 19.7. The van der Waals surface area contributed by atoms with Gasteiger partial charge in [-0.15, -0.1) is 22.7 Å². The van der Waals surface area contributed by atoms with Crippen molar-refractivity contribution in [2.75, 3.05) is 4.90 Å². The third kappa shape index (κ3) is 5.09. The van der Waals surface area contributed by atoms with Gasteiger partial charge in [0, 0.05) is 58.7 Å². The fourth-order valence-electron chi connectivity index (χ4n) is 9.05. The minimum atomic E-state index is 1.12. The maximum absolute atomic E-state index is 2.52. The molecule has 12 rings (SSSR count). The number of benzene rings is 9. The van der Waals surface area contributed by atoms with E-state index in [4.69, 9.17) is 0 Å². The number of thiophene rings is 2. The Kier molecular flexibility index (Phi) is 7.62. The lowest BCUT2D eigenvalue weighted by atomic mass is 10.0. The molecule has 0 aliphatic carbocycles. The van der Waals surface area contributed by atoms with E-state index in [1.54, 1.807) is 0 Å². The molecule has 58 heavy (non-hydrogen) atoms. The van der Waals surface area contributed by atoms with Gasteiger partial charge in [0.1, 0.15) is 0 Å². The largest absolute Gasteiger partial charge is 0.309 e. The van der Waals surface area contributed by atoms with E-state index in [1.807, 2.05) is 22.7 Å². The summed E-state index contributed by atoms with van der Waals surface area (Å²) in [6.07, 6.45) is 0. The second-order valence-electron chi connectivity index (χ2n) is 14.8. The van der Waals surface area contributed by atoms with Gasteiger partial charge in [0.25, 0.3) is 0 Å². The molecule has 0 spiro atoms. The summed E-state index contributed by atoms with van der Waals surface area (Å²) in [5.74, 6) is 0. The summed E-state index contributed by atoms with van der Waals surface area (Å²) >= 11 is 3.78. The first-order valence-corrected chi connectivity index (χ1v) is 21.3. The predicted octanol–water partition coefficient (Wildman–Crippen LogP) is 16.3. The van der Waals surface area contributed by atoms with E-state index in [2.05, 4.69) is 216 Å². The van der Waals surface area contributed by atoms with E-state index in [1.165, 1.54) is 95.8 Å². The molecular formula is C54H34N2S2. The summed E-state index contributed by atoms with van der Waals surface area (Å²) in [6, 6.07) is 75.5. The van der Waals surface area contributed by atoms with Crippen molar-refractivity contribution in [3.05, 3.63) is 206 Å². The van der Waals surface area contributed by atoms with Crippen molar-refractivity contribution >= 4 is 102 Å². The van der Waals surface area contributed by atoms with Crippen LogP contribution < -0.4 is 4.90 Å². The lowest BCUT2D eigenvalue weighted by Gasteiger charge is -2.27. The highest BCUT2D eigenvalue weighted by Crippen LogP contribution is 2.50. The molecule has 0 fully saturated rings. The van der Waals surface area contributed by atoms with Gasteiger partial charge in [-0.1, -0.05) is 158 Å². The third-order valence-electron chi connectivity index (χ3n) is 11.6. The smallest absolute Gasteiger partial charge is 0.0640 e. The van der Waals surface area contributed by atoms with Crippen molar-refractivity contribution < 1.29 is 0 Å². The summed E-state index contributed by atoms with van der Waals surface area (Å²) in [5, 5.41) is 7.65. The minimum absolute atomic E-state index is 1.12. The Morgan fingerprint density at radius 3 is 1.71 bits per heavy atom. The number of nitrogens with zero attached hydrogens (tertiary/aromatic N) is 2. The molecule has 0 saturated carbocycles. The number of aromatic nitrogens is 1. The van der Waals surface area contributed by atoms with Gasteiger partial charge in [-0.05, 0) is 65.2 Å². The van der Waals surface area contributed by atoms with E-state index in [9.17, 15) is 0 Å². The summed E-state index contributed by atoms with van der Waals surface area (Å²) in [4.78, 5) is 2.52. The van der Waals surface area contributed by atoms with Crippen LogP contribution >= 0.6 is 22.7 Å². The average molecular weight is 775 g/mol. The zero-order valence-electron chi connectivity index (χ0n) is 31.3. The lowest BCUT2D eigenvalue weighted by molar-refractivity contribution is 1.18. The van der Waals surface area contributed by atoms with E-state index in [0.717, 1.165) is 11.4 Å². The Morgan fingerprint density at radius 1 is 0.362 bits per heavy atom. The number of hydrogen-bond donors (Lipinski definition) is 0. The van der Waals surface area contributed by atoms with Crippen molar-refractivity contribution in [2.24, 2.45) is 0 Å². The van der Waals surface area contributed by atoms with Crippen molar-refractivity contribution in [3.63, 3.8) is 0 Å². The van der Waals surface area contributed by atoms with Crippen molar-refractivity contribution in [1.82, 2.24) is 4.57 Å². The van der Waals surface area contributed by atoms with E-state index in [-0.39, 0.29) is 0 Å². The molecule has 2 nitrogen and oxygen atoms in total. The molecule has 0 amide bonds. The van der Waals surface area contributed by atoms with Crippen molar-refractivity contribution in [2.45, 2.75) is 0 Å². The highest BCUT2D eigenvalue weighted by atomic mass is 32.1. The van der Waals surface area contributed by atoms with Crippen molar-refractivity contribution in [1.29, 1.82) is 0 Å². The maximum Gasteiger partial charge on any atom is 0.0640 e. The summed E-state index contributed by atoms with van der Waals surface area (Å²) in [7, 11) is 0. The maximum atomic E-state index is 2.52. The Bertz CT molecular complexity index is 3520. The molecule has 0 bridgehead atoms. The second kappa shape index (κ2) is 13.3. The van der Waals surface area contributed by atoms with Crippen LogP contribution in [0.4, 0.5) is 17.1 Å². The first-order chi connectivity index (χ1) is 28.8. The molecule has 0 N–H and O–H groups in total. The average Bonchev–Trinajstić information content (AvgIpc) is 3.98. The van der Waals surface area contributed by atoms with Crippen LogP contribution in [0.25, 0.3) is 90.1 Å². The van der Waals surface area contributed by atoms with Crippen LogP contribution in [0.2, 0.25) is 0 Å². The number of rotatable bonds is 6. The van der Waals surface area contributed by atoms with Crippen LogP contribution in [0.5, 0.6) is 0 Å². The molecule has 0 saturated heterocycles. The molecule has 12 aromatic rings. The molecule has 0 radical (unpaired) electrons. The topological polar surface area (TPSA) is 8.17 Å². The van der Waals surface area contributed by atoms with Crippen LogP contribution in [-0.4, -0.2) is 4.57 Å². The quantitative estimate of drug-likeness (QED) is 0.163. The fraction of sp³-hybridized carbons (Fsp3) is 0. The minimum Gasteiger partial charge on any atom is -0.309 e. The van der Waals surface area contributed by atoms with Crippen LogP contribution in [0.3, 0.4) is 0 Å². The molecule has 4 heteroatoms. The molecule has 0 aliphatic heterocycles. The van der Waals surface area contributed by atoms with E-state index < -0.39 is 0 Å². The fourth-order valence-corrected chi connectivity index (χ4v) is 11.6. The normalized spacial score (nSPS) is 11.8. The van der Waals surface area contributed by atoms with Gasteiger partial charge in [0.05, 0.1) is 31.8 Å². The van der Waals surface area contributed by atoms with Gasteiger partial charge in [-0.3, -0.25) is 0 Å². The van der Waals surface area contributed by atoms with E-state index >= 15 is 0 Å². The molecule has 272 valence electrons. The van der Waals surface area contributed by atoms with E-state index in [0.29, 0.717) is 0 Å². The van der Waals surface area contributed by atoms with Crippen LogP contribution in [0.1, 0.15) is 0 Å². The second-order valence-corrected chi connectivity index (χ2v) is 16.9. The predicted molar refractivity (Wildman–Crippen MR) is 252 cm³/mol. The third-order valence-corrected chi connectivity index (χ3v) is 14.1. The van der Waals surface area contributed by atoms with Gasteiger partial charge in [0.2, 0.25) is 0 Å². The first kappa shape index (κ1) is 33.2. The van der Waals surface area contributed by atoms with Crippen LogP contribution in [0, 0.1) is 0 Å². The van der Waals surface area contributed by atoms with Gasteiger partial charge in [0.15, 0.2) is 0 Å². The Hall–Kier alpha value is -6.98. The molecule has 3 heterocycles. The number of fused-ring (bicyclic) bond motifs is 9. The molecule has 3 aromatic heterocycles. The van der Waals surface area contributed by atoms with Crippen LogP contribution in [-0.2, 0) is 0 Å². The molecule has 0 aliphatic rings. The molecule has 0 unspecified atom stereocenters. The number of hydrogen-bond acceptors (Lipinski definition) is 3. The van der Waals surface area contributed by atoms with Gasteiger partial charge >= 0.3 is 0 Å². The number of anilines is 3. The van der Waals surface area contributed by atoms with Crippen LogP contribution in [0.15, 0.2) is 206 Å². The SMILES string of the molecule is c1ccc(-c2cccc3c2sc2c(N(c4cccc(-c5cccc6c7ccccc7n(-c7ccccc7)c56)c4)c4cccc5c4sc4ccccc45)cccc23)cc1. The standard InChI is InChI=1S/C54H34N2S2/c1-3-16-35(17-4-1)40-25-13-27-45-46-29-15-32-49(54(46)58-52(40)45)55(48-31-14-28-44-42-23-8-10-33-50(42)57-53(44)48)38-21-11-18-36(34-38)39-24-12-26-43-41-22-7-9-30-47(41)56(51(39)43)37-19-5-2-6-20-37/h1-34H. The summed E-state index contributed by atoms with van der Waals surface area (Å²) < 4.78 is 7.60. The summed E-state index contributed by atoms with van der Waals surface area (Å²) in [5.41, 5.74) is 11.9. The van der Waals surface area contributed by atoms with Gasteiger partial charge in [-0.25, -0.2) is 0 Å².